The summed E-state index contributed by atoms with van der Waals surface area (Å²) in [5.41, 5.74) is 2.35. The molecule has 1 heterocycles. The van der Waals surface area contributed by atoms with E-state index in [1.165, 1.54) is 29.8 Å². The number of fused-ring (bicyclic) bond motifs is 1. The number of nitrogens with one attached hydrogen (secondary N) is 1. The lowest BCUT2D eigenvalue weighted by Crippen LogP contribution is -2.42. The minimum Gasteiger partial charge on any atom is -0.337 e. The van der Waals surface area contributed by atoms with Crippen LogP contribution in [0.5, 0.6) is 0 Å². The number of rotatable bonds is 4. The van der Waals surface area contributed by atoms with Crippen molar-refractivity contribution < 1.29 is 13.2 Å². The fraction of sp³-hybridized carbons (Fsp3) is 0.235. The van der Waals surface area contributed by atoms with Gasteiger partial charge in [0.05, 0.1) is 11.4 Å². The average Bonchev–Trinajstić information content (AvgIpc) is 2.59. The number of hydrogen-bond donors (Lipinski definition) is 1. The van der Waals surface area contributed by atoms with Gasteiger partial charge in [-0.15, -0.1) is 0 Å². The van der Waals surface area contributed by atoms with Crippen molar-refractivity contribution in [3.63, 3.8) is 0 Å². The SMILES string of the molecule is O=C(CNS(=O)(=O)c1ccc(Cl)cc1)N1CCc2ccccc2C1. The van der Waals surface area contributed by atoms with E-state index in [0.717, 1.165) is 12.0 Å². The van der Waals surface area contributed by atoms with E-state index >= 15 is 0 Å². The van der Waals surface area contributed by atoms with Crippen LogP contribution in [0.2, 0.25) is 5.02 Å². The van der Waals surface area contributed by atoms with E-state index < -0.39 is 10.0 Å². The highest BCUT2D eigenvalue weighted by atomic mass is 35.5. The van der Waals surface area contributed by atoms with Crippen molar-refractivity contribution in [3.05, 3.63) is 64.7 Å². The standard InChI is InChI=1S/C17H17ClN2O3S/c18-15-5-7-16(8-6-15)24(22,23)19-11-17(21)20-10-9-13-3-1-2-4-14(13)12-20/h1-8,19H,9-12H2. The van der Waals surface area contributed by atoms with Crippen LogP contribution < -0.4 is 4.72 Å². The predicted molar refractivity (Wildman–Crippen MR) is 92.2 cm³/mol. The molecule has 0 spiro atoms. The maximum absolute atomic E-state index is 12.3. The van der Waals surface area contributed by atoms with Crippen LogP contribution in [-0.2, 0) is 27.8 Å². The molecule has 0 saturated carbocycles. The minimum absolute atomic E-state index is 0.0867. The van der Waals surface area contributed by atoms with Gasteiger partial charge in [0.1, 0.15) is 0 Å². The van der Waals surface area contributed by atoms with Crippen molar-refractivity contribution in [2.45, 2.75) is 17.9 Å². The zero-order valence-electron chi connectivity index (χ0n) is 12.9. The van der Waals surface area contributed by atoms with Gasteiger partial charge < -0.3 is 4.90 Å². The van der Waals surface area contributed by atoms with Crippen molar-refractivity contribution in [2.75, 3.05) is 13.1 Å². The highest BCUT2D eigenvalue weighted by molar-refractivity contribution is 7.89. The Labute approximate surface area is 146 Å². The van der Waals surface area contributed by atoms with E-state index in [1.807, 2.05) is 18.2 Å². The highest BCUT2D eigenvalue weighted by Gasteiger charge is 2.22. The van der Waals surface area contributed by atoms with Gasteiger partial charge in [0.25, 0.3) is 0 Å². The van der Waals surface area contributed by atoms with Crippen molar-refractivity contribution in [3.8, 4) is 0 Å². The summed E-state index contributed by atoms with van der Waals surface area (Å²) in [7, 11) is -3.73. The lowest BCUT2D eigenvalue weighted by atomic mass is 10.00. The van der Waals surface area contributed by atoms with Gasteiger partial charge in [0, 0.05) is 18.1 Å². The molecule has 1 N–H and O–H groups in total. The molecule has 0 aliphatic carbocycles. The average molecular weight is 365 g/mol. The molecule has 3 rings (SSSR count). The van der Waals surface area contributed by atoms with Crippen molar-refractivity contribution in [1.82, 2.24) is 9.62 Å². The van der Waals surface area contributed by atoms with E-state index in [4.69, 9.17) is 11.6 Å². The lowest BCUT2D eigenvalue weighted by Gasteiger charge is -2.29. The molecule has 7 heteroatoms. The normalized spacial score (nSPS) is 14.3. The number of carbonyl (C=O) groups is 1. The molecule has 2 aromatic carbocycles. The summed E-state index contributed by atoms with van der Waals surface area (Å²) in [6, 6.07) is 13.8. The summed E-state index contributed by atoms with van der Waals surface area (Å²) in [5, 5.41) is 0.456. The van der Waals surface area contributed by atoms with Gasteiger partial charge in [-0.3, -0.25) is 4.79 Å². The van der Waals surface area contributed by atoms with Gasteiger partial charge in [-0.05, 0) is 41.8 Å². The number of nitrogens with zero attached hydrogens (tertiary/aromatic N) is 1. The molecule has 1 aliphatic heterocycles. The quantitative estimate of drug-likeness (QED) is 0.904. The molecule has 1 aliphatic rings. The monoisotopic (exact) mass is 364 g/mol. The van der Waals surface area contributed by atoms with Crippen LogP contribution in [0.25, 0.3) is 0 Å². The summed E-state index contributed by atoms with van der Waals surface area (Å²) < 4.78 is 26.8. The topological polar surface area (TPSA) is 66.5 Å². The molecule has 126 valence electrons. The number of amides is 1. The predicted octanol–water partition coefficient (Wildman–Crippen LogP) is 2.20. The van der Waals surface area contributed by atoms with Crippen LogP contribution >= 0.6 is 11.6 Å². The number of sulfonamides is 1. The van der Waals surface area contributed by atoms with Crippen LogP contribution in [-0.4, -0.2) is 32.3 Å². The van der Waals surface area contributed by atoms with Crippen molar-refractivity contribution in [2.24, 2.45) is 0 Å². The summed E-state index contributed by atoms with van der Waals surface area (Å²) in [6.45, 7) is 0.851. The Bertz CT molecular complexity index is 850. The summed E-state index contributed by atoms with van der Waals surface area (Å²) in [5.74, 6) is -0.234. The number of halogens is 1. The van der Waals surface area contributed by atoms with Crippen LogP contribution in [0.3, 0.4) is 0 Å². The van der Waals surface area contributed by atoms with Crippen molar-refractivity contribution in [1.29, 1.82) is 0 Å². The van der Waals surface area contributed by atoms with E-state index in [9.17, 15) is 13.2 Å². The maximum atomic E-state index is 12.3. The molecule has 1 amide bonds. The Morgan fingerprint density at radius 2 is 1.75 bits per heavy atom. The first-order valence-corrected chi connectivity index (χ1v) is 9.41. The molecule has 5 nitrogen and oxygen atoms in total. The largest absolute Gasteiger partial charge is 0.337 e. The van der Waals surface area contributed by atoms with E-state index in [0.29, 0.717) is 18.1 Å². The third-order valence-electron chi connectivity index (χ3n) is 4.02. The van der Waals surface area contributed by atoms with Gasteiger partial charge in [-0.2, -0.15) is 0 Å². The molecule has 0 unspecified atom stereocenters. The van der Waals surface area contributed by atoms with Crippen LogP contribution in [0, 0.1) is 0 Å². The second-order valence-electron chi connectivity index (χ2n) is 5.61. The number of benzene rings is 2. The molecule has 0 fully saturated rings. The van der Waals surface area contributed by atoms with E-state index in [1.54, 1.807) is 4.90 Å². The van der Waals surface area contributed by atoms with Crippen LogP contribution in [0.4, 0.5) is 0 Å². The maximum Gasteiger partial charge on any atom is 0.241 e. The second-order valence-corrected chi connectivity index (χ2v) is 7.82. The molecular formula is C17H17ClN2O3S. The number of hydrogen-bond acceptors (Lipinski definition) is 3. The smallest absolute Gasteiger partial charge is 0.241 e. The number of carbonyl (C=O) groups excluding carboxylic acids is 1. The van der Waals surface area contributed by atoms with Crippen molar-refractivity contribution >= 4 is 27.5 Å². The fourth-order valence-electron chi connectivity index (χ4n) is 2.67. The zero-order chi connectivity index (χ0) is 17.2. The van der Waals surface area contributed by atoms with Crippen LogP contribution in [0.15, 0.2) is 53.4 Å². The molecule has 2 aromatic rings. The first-order valence-electron chi connectivity index (χ1n) is 7.55. The summed E-state index contributed by atoms with van der Waals surface area (Å²) in [6.07, 6.45) is 0.784. The molecule has 0 atom stereocenters. The summed E-state index contributed by atoms with van der Waals surface area (Å²) >= 11 is 5.76. The Hall–Kier alpha value is -1.89. The van der Waals surface area contributed by atoms with Gasteiger partial charge in [0.15, 0.2) is 0 Å². The van der Waals surface area contributed by atoms with Crippen LogP contribution in [0.1, 0.15) is 11.1 Å². The zero-order valence-corrected chi connectivity index (χ0v) is 14.5. The second kappa shape index (κ2) is 6.93. The van der Waals surface area contributed by atoms with E-state index in [-0.39, 0.29) is 17.3 Å². The molecule has 0 saturated heterocycles. The molecule has 0 radical (unpaired) electrons. The molecule has 0 bridgehead atoms. The molecule has 24 heavy (non-hydrogen) atoms. The van der Waals surface area contributed by atoms with Gasteiger partial charge in [-0.25, -0.2) is 13.1 Å². The van der Waals surface area contributed by atoms with Gasteiger partial charge in [-0.1, -0.05) is 35.9 Å². The lowest BCUT2D eigenvalue weighted by molar-refractivity contribution is -0.130. The molecule has 0 aromatic heterocycles. The van der Waals surface area contributed by atoms with Gasteiger partial charge >= 0.3 is 0 Å². The first-order chi connectivity index (χ1) is 11.5. The summed E-state index contributed by atoms with van der Waals surface area (Å²) in [4.78, 5) is 14.1. The third-order valence-corrected chi connectivity index (χ3v) is 5.69. The molecular weight excluding hydrogens is 348 g/mol. The Kier molecular flexibility index (Phi) is 4.89. The minimum atomic E-state index is -3.73. The Morgan fingerprint density at radius 1 is 1.08 bits per heavy atom. The van der Waals surface area contributed by atoms with E-state index in [2.05, 4.69) is 10.8 Å². The fourth-order valence-corrected chi connectivity index (χ4v) is 3.77. The first kappa shape index (κ1) is 17.0. The third kappa shape index (κ3) is 3.77. The Balaban J connectivity index is 1.63. The Morgan fingerprint density at radius 3 is 2.46 bits per heavy atom. The highest BCUT2D eigenvalue weighted by Crippen LogP contribution is 2.18. The van der Waals surface area contributed by atoms with Gasteiger partial charge in [0.2, 0.25) is 15.9 Å².